The third kappa shape index (κ3) is 6.50. The molecule has 0 aliphatic carbocycles. The van der Waals surface area contributed by atoms with Gasteiger partial charge < -0.3 is 28.4 Å². The minimum atomic E-state index is -0.489. The number of rotatable bonds is 8. The van der Waals surface area contributed by atoms with E-state index in [2.05, 4.69) is 13.8 Å². The molecular formula is C22H30O8. The zero-order chi connectivity index (χ0) is 21.3. The Labute approximate surface area is 176 Å². The summed E-state index contributed by atoms with van der Waals surface area (Å²) < 4.78 is 33.0. The monoisotopic (exact) mass is 422 g/mol. The van der Waals surface area contributed by atoms with Gasteiger partial charge in [-0.25, -0.2) is 9.59 Å². The van der Waals surface area contributed by atoms with Crippen molar-refractivity contribution < 1.29 is 38.0 Å². The fourth-order valence-corrected chi connectivity index (χ4v) is 3.17. The van der Waals surface area contributed by atoms with Gasteiger partial charge in [0.05, 0.1) is 37.6 Å². The molecule has 1 aromatic rings. The molecule has 8 heteroatoms. The van der Waals surface area contributed by atoms with Crippen molar-refractivity contribution in [3.63, 3.8) is 0 Å². The Morgan fingerprint density at radius 2 is 1.07 bits per heavy atom. The second kappa shape index (κ2) is 11.4. The standard InChI is InChI=1S/C22H30O8/c1-3-5-19-25-11-17(12-26-19)29-21(23)15-7-9-16(10-8-15)22(24)30-18-13-27-20(6-4-2)28-14-18/h7-10,17-20H,3-6,11-14H2,1-2H3. The summed E-state index contributed by atoms with van der Waals surface area (Å²) in [6.45, 7) is 5.35. The van der Waals surface area contributed by atoms with Crippen LogP contribution in [0.3, 0.4) is 0 Å². The SMILES string of the molecule is CCCC1OCC(OC(=O)c2ccc(C(=O)OC3COC(CCC)OC3)cc2)CO1. The maximum absolute atomic E-state index is 12.3. The highest BCUT2D eigenvalue weighted by Gasteiger charge is 2.26. The highest BCUT2D eigenvalue weighted by molar-refractivity contribution is 5.93. The van der Waals surface area contributed by atoms with E-state index >= 15 is 0 Å². The molecule has 2 fully saturated rings. The summed E-state index contributed by atoms with van der Waals surface area (Å²) in [5.41, 5.74) is 0.683. The molecule has 0 unspecified atom stereocenters. The molecule has 0 aromatic heterocycles. The van der Waals surface area contributed by atoms with E-state index in [4.69, 9.17) is 28.4 Å². The van der Waals surface area contributed by atoms with Crippen LogP contribution in [0.5, 0.6) is 0 Å². The van der Waals surface area contributed by atoms with E-state index in [0.717, 1.165) is 25.7 Å². The zero-order valence-electron chi connectivity index (χ0n) is 17.5. The van der Waals surface area contributed by atoms with Crippen molar-refractivity contribution in [2.75, 3.05) is 26.4 Å². The number of benzene rings is 1. The van der Waals surface area contributed by atoms with Crippen molar-refractivity contribution in [1.29, 1.82) is 0 Å². The second-order valence-corrected chi connectivity index (χ2v) is 7.40. The molecular weight excluding hydrogens is 392 g/mol. The maximum Gasteiger partial charge on any atom is 0.338 e. The molecule has 2 saturated heterocycles. The number of carbonyl (C=O) groups excluding carboxylic acids is 2. The van der Waals surface area contributed by atoms with Crippen molar-refractivity contribution in [3.8, 4) is 0 Å². The summed E-state index contributed by atoms with van der Waals surface area (Å²) in [4.78, 5) is 24.6. The van der Waals surface area contributed by atoms with E-state index in [0.29, 0.717) is 37.6 Å². The predicted molar refractivity (Wildman–Crippen MR) is 106 cm³/mol. The van der Waals surface area contributed by atoms with Crippen molar-refractivity contribution in [2.45, 2.75) is 64.3 Å². The largest absolute Gasteiger partial charge is 0.454 e. The second-order valence-electron chi connectivity index (χ2n) is 7.40. The first-order valence-electron chi connectivity index (χ1n) is 10.6. The lowest BCUT2D eigenvalue weighted by Gasteiger charge is -2.29. The van der Waals surface area contributed by atoms with E-state index in [1.807, 2.05) is 0 Å². The molecule has 2 heterocycles. The topological polar surface area (TPSA) is 89.5 Å². The van der Waals surface area contributed by atoms with Crippen LogP contribution in [-0.4, -0.2) is 63.2 Å². The van der Waals surface area contributed by atoms with Gasteiger partial charge >= 0.3 is 11.9 Å². The number of esters is 2. The summed E-state index contributed by atoms with van der Waals surface area (Å²) in [6.07, 6.45) is 2.21. The molecule has 2 aliphatic rings. The summed E-state index contributed by atoms with van der Waals surface area (Å²) in [5.74, 6) is -0.978. The van der Waals surface area contributed by atoms with Gasteiger partial charge in [-0.05, 0) is 37.1 Å². The van der Waals surface area contributed by atoms with Gasteiger partial charge in [-0.3, -0.25) is 0 Å². The summed E-state index contributed by atoms with van der Waals surface area (Å²) in [6, 6.07) is 6.14. The van der Waals surface area contributed by atoms with Gasteiger partial charge in [0.2, 0.25) is 0 Å². The van der Waals surface area contributed by atoms with Gasteiger partial charge in [0.15, 0.2) is 12.6 Å². The van der Waals surface area contributed by atoms with Gasteiger partial charge in [-0.1, -0.05) is 26.7 Å². The third-order valence-corrected chi connectivity index (χ3v) is 4.82. The maximum atomic E-state index is 12.3. The van der Waals surface area contributed by atoms with Crippen LogP contribution in [0.25, 0.3) is 0 Å². The number of hydrogen-bond donors (Lipinski definition) is 0. The molecule has 0 radical (unpaired) electrons. The minimum Gasteiger partial charge on any atom is -0.454 e. The Morgan fingerprint density at radius 1 is 0.733 bits per heavy atom. The molecule has 30 heavy (non-hydrogen) atoms. The zero-order valence-corrected chi connectivity index (χ0v) is 17.5. The molecule has 3 rings (SSSR count). The first kappa shape index (κ1) is 22.7. The molecule has 8 nitrogen and oxygen atoms in total. The first-order chi connectivity index (χ1) is 14.6. The van der Waals surface area contributed by atoms with Crippen LogP contribution in [0, 0.1) is 0 Å². The van der Waals surface area contributed by atoms with E-state index < -0.39 is 24.1 Å². The van der Waals surface area contributed by atoms with Crippen LogP contribution in [-0.2, 0) is 28.4 Å². The van der Waals surface area contributed by atoms with Gasteiger partial charge in [0, 0.05) is 0 Å². The van der Waals surface area contributed by atoms with Gasteiger partial charge in [0.25, 0.3) is 0 Å². The van der Waals surface area contributed by atoms with Crippen LogP contribution in [0.1, 0.15) is 60.2 Å². The van der Waals surface area contributed by atoms with E-state index in [1.54, 1.807) is 0 Å². The summed E-state index contributed by atoms with van der Waals surface area (Å²) in [7, 11) is 0. The van der Waals surface area contributed by atoms with E-state index in [1.165, 1.54) is 24.3 Å². The van der Waals surface area contributed by atoms with Crippen molar-refractivity contribution in [1.82, 2.24) is 0 Å². The molecule has 0 spiro atoms. The molecule has 0 saturated carbocycles. The number of ether oxygens (including phenoxy) is 6. The van der Waals surface area contributed by atoms with Crippen LogP contribution >= 0.6 is 0 Å². The minimum absolute atomic E-state index is 0.229. The lowest BCUT2D eigenvalue weighted by molar-refractivity contribution is -0.218. The molecule has 2 aliphatic heterocycles. The fourth-order valence-electron chi connectivity index (χ4n) is 3.17. The Balaban J connectivity index is 1.44. The summed E-state index contributed by atoms with van der Waals surface area (Å²) >= 11 is 0. The van der Waals surface area contributed by atoms with Crippen LogP contribution in [0.15, 0.2) is 24.3 Å². The highest BCUT2D eigenvalue weighted by Crippen LogP contribution is 2.17. The quantitative estimate of drug-likeness (QED) is 0.591. The van der Waals surface area contributed by atoms with Gasteiger partial charge in [-0.2, -0.15) is 0 Å². The molecule has 0 bridgehead atoms. The van der Waals surface area contributed by atoms with Crippen LogP contribution in [0.4, 0.5) is 0 Å². The predicted octanol–water partition coefficient (Wildman–Crippen LogP) is 3.08. The van der Waals surface area contributed by atoms with E-state index in [9.17, 15) is 9.59 Å². The normalized spacial score (nSPS) is 26.7. The van der Waals surface area contributed by atoms with Crippen LogP contribution in [0.2, 0.25) is 0 Å². The molecule has 1 aromatic carbocycles. The van der Waals surface area contributed by atoms with Crippen molar-refractivity contribution in [2.24, 2.45) is 0 Å². The molecule has 0 N–H and O–H groups in total. The van der Waals surface area contributed by atoms with Crippen molar-refractivity contribution in [3.05, 3.63) is 35.4 Å². The van der Waals surface area contributed by atoms with E-state index in [-0.39, 0.29) is 12.6 Å². The number of carbonyl (C=O) groups is 2. The highest BCUT2D eigenvalue weighted by atomic mass is 16.7. The molecule has 0 amide bonds. The fraction of sp³-hybridized carbons (Fsp3) is 0.636. The lowest BCUT2D eigenvalue weighted by Crippen LogP contribution is -2.38. The van der Waals surface area contributed by atoms with Crippen LogP contribution < -0.4 is 0 Å². The van der Waals surface area contributed by atoms with Crippen molar-refractivity contribution >= 4 is 11.9 Å². The Bertz CT molecular complexity index is 614. The Hall–Kier alpha value is -2.00. The average molecular weight is 422 g/mol. The van der Waals surface area contributed by atoms with Gasteiger partial charge in [-0.15, -0.1) is 0 Å². The first-order valence-corrected chi connectivity index (χ1v) is 10.6. The molecule has 0 atom stereocenters. The molecule has 166 valence electrons. The Kier molecular flexibility index (Phi) is 8.62. The Morgan fingerprint density at radius 3 is 1.37 bits per heavy atom. The lowest BCUT2D eigenvalue weighted by atomic mass is 10.1. The summed E-state index contributed by atoms with van der Waals surface area (Å²) in [5, 5.41) is 0. The number of hydrogen-bond acceptors (Lipinski definition) is 8. The average Bonchev–Trinajstić information content (AvgIpc) is 2.77. The van der Waals surface area contributed by atoms with Gasteiger partial charge in [0.1, 0.15) is 12.2 Å². The third-order valence-electron chi connectivity index (χ3n) is 4.82. The smallest absolute Gasteiger partial charge is 0.338 e.